The van der Waals surface area contributed by atoms with E-state index in [4.69, 9.17) is 14.2 Å². The molecule has 168 valence electrons. The Kier molecular flexibility index (Phi) is 3.92. The molecule has 6 aliphatic rings. The lowest BCUT2D eigenvalue weighted by Crippen LogP contribution is -2.49. The number of hydrogen-bond acceptors (Lipinski definition) is 6. The van der Waals surface area contributed by atoms with E-state index in [9.17, 15) is 14.4 Å². The van der Waals surface area contributed by atoms with Crippen molar-refractivity contribution in [2.45, 2.75) is 36.9 Å². The first-order valence-corrected chi connectivity index (χ1v) is 11.7. The van der Waals surface area contributed by atoms with Crippen LogP contribution < -0.4 is 0 Å². The Balaban J connectivity index is 1.31. The third-order valence-corrected chi connectivity index (χ3v) is 8.85. The summed E-state index contributed by atoms with van der Waals surface area (Å²) < 4.78 is 17.0. The monoisotopic (exact) mass is 444 g/mol. The molecule has 0 amide bonds. The SMILES string of the molecule is COC(=O)C1C2c3ccccc3C(c3ccccc32)C1C(=O)OC1C2CC3C(=O)OC1C3C2. The molecule has 1 heterocycles. The molecule has 4 bridgehead atoms. The molecule has 1 aliphatic heterocycles. The van der Waals surface area contributed by atoms with Gasteiger partial charge in [-0.25, -0.2) is 0 Å². The third-order valence-electron chi connectivity index (χ3n) is 8.85. The van der Waals surface area contributed by atoms with Crippen LogP contribution in [0.4, 0.5) is 0 Å². The van der Waals surface area contributed by atoms with Crippen LogP contribution in [0.25, 0.3) is 0 Å². The zero-order valence-corrected chi connectivity index (χ0v) is 18.2. The number of fused-ring (bicyclic) bond motifs is 2. The second-order valence-corrected chi connectivity index (χ2v) is 10.1. The number of hydrogen-bond donors (Lipinski definition) is 0. The van der Waals surface area contributed by atoms with E-state index in [-0.39, 0.29) is 47.6 Å². The van der Waals surface area contributed by atoms with Gasteiger partial charge in [-0.1, -0.05) is 48.5 Å². The Hall–Kier alpha value is -3.15. The van der Waals surface area contributed by atoms with Crippen LogP contribution in [0.3, 0.4) is 0 Å². The van der Waals surface area contributed by atoms with Gasteiger partial charge in [0.05, 0.1) is 24.9 Å². The Labute approximate surface area is 191 Å². The lowest BCUT2D eigenvalue weighted by molar-refractivity contribution is -0.172. The summed E-state index contributed by atoms with van der Waals surface area (Å²) in [5.41, 5.74) is 4.30. The summed E-state index contributed by atoms with van der Waals surface area (Å²) in [7, 11) is 1.37. The number of benzene rings is 2. The van der Waals surface area contributed by atoms with Crippen molar-refractivity contribution in [2.75, 3.05) is 7.11 Å². The third kappa shape index (κ3) is 2.41. The molecule has 0 radical (unpaired) electrons. The van der Waals surface area contributed by atoms with Crippen LogP contribution in [-0.2, 0) is 28.6 Å². The Morgan fingerprint density at radius 2 is 1.39 bits per heavy atom. The summed E-state index contributed by atoms with van der Waals surface area (Å²) in [5.74, 6) is -2.55. The molecule has 2 aromatic carbocycles. The van der Waals surface area contributed by atoms with Gasteiger partial charge in [-0.05, 0) is 35.1 Å². The molecular weight excluding hydrogens is 420 g/mol. The number of carbonyl (C=O) groups is 3. The molecule has 7 atom stereocenters. The quantitative estimate of drug-likeness (QED) is 0.535. The number of ether oxygens (including phenoxy) is 3. The smallest absolute Gasteiger partial charge is 0.311 e. The van der Waals surface area contributed by atoms with Gasteiger partial charge >= 0.3 is 17.9 Å². The average molecular weight is 444 g/mol. The number of carbonyl (C=O) groups excluding carboxylic acids is 3. The maximum absolute atomic E-state index is 13.9. The fourth-order valence-electron chi connectivity index (χ4n) is 7.66. The number of rotatable bonds is 3. The van der Waals surface area contributed by atoms with Crippen molar-refractivity contribution in [1.82, 2.24) is 0 Å². The van der Waals surface area contributed by atoms with Gasteiger partial charge in [-0.2, -0.15) is 0 Å². The lowest BCUT2D eigenvalue weighted by atomic mass is 9.54. The van der Waals surface area contributed by atoms with Crippen molar-refractivity contribution in [1.29, 1.82) is 0 Å². The van der Waals surface area contributed by atoms with E-state index in [0.717, 1.165) is 35.1 Å². The summed E-state index contributed by atoms with van der Waals surface area (Å²) in [6.07, 6.45) is 0.819. The summed E-state index contributed by atoms with van der Waals surface area (Å²) in [6.45, 7) is 0. The maximum atomic E-state index is 13.9. The zero-order valence-electron chi connectivity index (χ0n) is 18.2. The van der Waals surface area contributed by atoms with E-state index in [1.54, 1.807) is 0 Å². The van der Waals surface area contributed by atoms with Gasteiger partial charge in [0.15, 0.2) is 0 Å². The van der Waals surface area contributed by atoms with Gasteiger partial charge in [0.2, 0.25) is 0 Å². The van der Waals surface area contributed by atoms with Crippen LogP contribution in [0.5, 0.6) is 0 Å². The predicted octanol–water partition coefficient (Wildman–Crippen LogP) is 3.18. The van der Waals surface area contributed by atoms with Gasteiger partial charge in [-0.15, -0.1) is 0 Å². The van der Waals surface area contributed by atoms with Gasteiger partial charge in [-0.3, -0.25) is 14.4 Å². The van der Waals surface area contributed by atoms with Gasteiger partial charge < -0.3 is 14.2 Å². The highest BCUT2D eigenvalue weighted by molar-refractivity contribution is 5.88. The minimum atomic E-state index is -0.681. The van der Waals surface area contributed by atoms with E-state index < -0.39 is 23.9 Å². The van der Waals surface area contributed by atoms with Gasteiger partial charge in [0.25, 0.3) is 0 Å². The first kappa shape index (κ1) is 19.3. The summed E-state index contributed by atoms with van der Waals surface area (Å²) in [6, 6.07) is 16.1. The highest BCUT2D eigenvalue weighted by atomic mass is 16.6. The fourth-order valence-corrected chi connectivity index (χ4v) is 7.66. The molecule has 6 heteroatoms. The van der Waals surface area contributed by atoms with Crippen LogP contribution >= 0.6 is 0 Å². The molecule has 0 aromatic heterocycles. The molecule has 3 fully saturated rings. The van der Waals surface area contributed by atoms with Crippen molar-refractivity contribution in [2.24, 2.45) is 29.6 Å². The second-order valence-electron chi connectivity index (χ2n) is 10.1. The van der Waals surface area contributed by atoms with Gasteiger partial charge in [0.1, 0.15) is 12.2 Å². The van der Waals surface area contributed by atoms with Crippen LogP contribution in [-0.4, -0.2) is 37.2 Å². The van der Waals surface area contributed by atoms with Crippen LogP contribution in [0, 0.1) is 29.6 Å². The highest BCUT2D eigenvalue weighted by Gasteiger charge is 2.64. The fraction of sp³-hybridized carbons (Fsp3) is 0.444. The molecule has 6 nitrogen and oxygen atoms in total. The molecule has 5 aliphatic carbocycles. The minimum absolute atomic E-state index is 0.0396. The first-order valence-electron chi connectivity index (χ1n) is 11.7. The van der Waals surface area contributed by atoms with E-state index in [1.807, 2.05) is 24.3 Å². The first-order chi connectivity index (χ1) is 16.1. The van der Waals surface area contributed by atoms with E-state index in [1.165, 1.54) is 7.11 Å². The van der Waals surface area contributed by atoms with E-state index in [2.05, 4.69) is 24.3 Å². The molecule has 8 rings (SSSR count). The maximum Gasteiger partial charge on any atom is 0.311 e. The van der Waals surface area contributed by atoms with E-state index >= 15 is 0 Å². The zero-order chi connectivity index (χ0) is 22.4. The number of esters is 3. The normalized spacial score (nSPS) is 38.5. The Morgan fingerprint density at radius 1 is 0.848 bits per heavy atom. The van der Waals surface area contributed by atoms with Crippen LogP contribution in [0.1, 0.15) is 46.9 Å². The van der Waals surface area contributed by atoms with Crippen LogP contribution in [0.15, 0.2) is 48.5 Å². The summed E-state index contributed by atoms with van der Waals surface area (Å²) >= 11 is 0. The van der Waals surface area contributed by atoms with Crippen molar-refractivity contribution in [3.8, 4) is 0 Å². The lowest BCUT2D eigenvalue weighted by Gasteiger charge is -2.48. The Morgan fingerprint density at radius 3 is 1.94 bits per heavy atom. The minimum Gasteiger partial charge on any atom is -0.469 e. The van der Waals surface area contributed by atoms with Crippen LogP contribution in [0.2, 0.25) is 0 Å². The van der Waals surface area contributed by atoms with Crippen molar-refractivity contribution >= 4 is 17.9 Å². The molecule has 0 N–H and O–H groups in total. The molecule has 1 saturated heterocycles. The molecule has 7 unspecified atom stereocenters. The topological polar surface area (TPSA) is 78.9 Å². The average Bonchev–Trinajstić information content (AvgIpc) is 3.48. The standard InChI is InChI=1S/C27H24O6/c1-31-26(29)21-19-13-6-2-4-8-15(13)20(16-9-5-3-7-14(16)19)22(21)27(30)32-23-12-10-17-18(11-12)25(28)33-24(17)23/h2-9,12,17-24H,10-11H2,1H3. The van der Waals surface area contributed by atoms with Crippen molar-refractivity contribution in [3.05, 3.63) is 70.8 Å². The molecule has 33 heavy (non-hydrogen) atoms. The number of methoxy groups -OCH3 is 1. The predicted molar refractivity (Wildman–Crippen MR) is 115 cm³/mol. The summed E-state index contributed by atoms with van der Waals surface area (Å²) in [5, 5.41) is 0. The molecule has 2 aromatic rings. The second kappa shape index (κ2) is 6.69. The largest absolute Gasteiger partial charge is 0.469 e. The molecular formula is C27H24O6. The molecule has 2 saturated carbocycles. The Bertz CT molecular complexity index is 1160. The summed E-state index contributed by atoms with van der Waals surface area (Å²) in [4.78, 5) is 39.1. The molecule has 0 spiro atoms. The van der Waals surface area contributed by atoms with Gasteiger partial charge in [0, 0.05) is 23.7 Å². The van der Waals surface area contributed by atoms with Crippen molar-refractivity contribution < 1.29 is 28.6 Å². The van der Waals surface area contributed by atoms with Crippen molar-refractivity contribution in [3.63, 3.8) is 0 Å². The van der Waals surface area contributed by atoms with E-state index in [0.29, 0.717) is 0 Å². The highest BCUT2D eigenvalue weighted by Crippen LogP contribution is 2.60.